The summed E-state index contributed by atoms with van der Waals surface area (Å²) in [6, 6.07) is 4.83. The number of hydrogen-bond acceptors (Lipinski definition) is 3. The normalized spacial score (nSPS) is 10.7. The molecule has 0 spiro atoms. The highest BCUT2D eigenvalue weighted by Gasteiger charge is 2.14. The fourth-order valence-electron chi connectivity index (χ4n) is 2.42. The molecule has 0 aliphatic heterocycles. The highest BCUT2D eigenvalue weighted by molar-refractivity contribution is 5.71. The molecule has 0 atom stereocenters. The van der Waals surface area contributed by atoms with E-state index in [1.54, 1.807) is 18.5 Å². The molecule has 0 aliphatic rings. The van der Waals surface area contributed by atoms with Crippen molar-refractivity contribution in [3.05, 3.63) is 41.5 Å². The van der Waals surface area contributed by atoms with Gasteiger partial charge >= 0.3 is 0 Å². The Balaban J connectivity index is 2.51. The number of aryl methyl sites for hydroxylation is 1. The average molecular weight is 287 g/mol. The third-order valence-corrected chi connectivity index (χ3v) is 3.43. The van der Waals surface area contributed by atoms with Gasteiger partial charge in [-0.2, -0.15) is 0 Å². The number of halogens is 1. The Kier molecular flexibility index (Phi) is 5.26. The Hall–Kier alpha value is -1.97. The molecule has 2 aromatic rings. The van der Waals surface area contributed by atoms with Gasteiger partial charge in [0.15, 0.2) is 0 Å². The summed E-state index contributed by atoms with van der Waals surface area (Å²) >= 11 is 0. The second-order valence-corrected chi connectivity index (χ2v) is 5.19. The van der Waals surface area contributed by atoms with Crippen LogP contribution in [-0.4, -0.2) is 16.5 Å². The molecule has 0 aliphatic carbocycles. The number of nitrogens with one attached hydrogen (secondary N) is 1. The van der Waals surface area contributed by atoms with Gasteiger partial charge < -0.3 is 5.32 Å². The highest BCUT2D eigenvalue weighted by atomic mass is 19.1. The quantitative estimate of drug-likeness (QED) is 0.857. The van der Waals surface area contributed by atoms with Gasteiger partial charge in [-0.3, -0.25) is 0 Å². The van der Waals surface area contributed by atoms with Crippen LogP contribution in [0.4, 0.5) is 10.2 Å². The zero-order chi connectivity index (χ0) is 15.2. The van der Waals surface area contributed by atoms with Crippen molar-refractivity contribution in [3.8, 4) is 11.3 Å². The number of benzene rings is 1. The molecule has 1 aromatic heterocycles. The van der Waals surface area contributed by atoms with Crippen molar-refractivity contribution in [2.24, 2.45) is 0 Å². The summed E-state index contributed by atoms with van der Waals surface area (Å²) in [6.45, 7) is 7.06. The molecular formula is C17H22FN3. The maximum atomic E-state index is 13.3. The number of rotatable bonds is 6. The predicted octanol–water partition coefficient (Wildman–Crippen LogP) is 4.37. The van der Waals surface area contributed by atoms with Gasteiger partial charge in [0.1, 0.15) is 18.0 Å². The highest BCUT2D eigenvalue weighted by Crippen LogP contribution is 2.29. The summed E-state index contributed by atoms with van der Waals surface area (Å²) < 4.78 is 13.3. The molecule has 4 heteroatoms. The fourth-order valence-corrected chi connectivity index (χ4v) is 2.42. The molecule has 0 radical (unpaired) electrons. The molecule has 1 N–H and O–H groups in total. The van der Waals surface area contributed by atoms with E-state index in [1.165, 1.54) is 6.07 Å². The van der Waals surface area contributed by atoms with Crippen LogP contribution >= 0.6 is 0 Å². The largest absolute Gasteiger partial charge is 0.370 e. The SMILES string of the molecule is CCCNc1ncnc(-c2ccc(F)cc2C)c1CCC. The number of aromatic nitrogens is 2. The standard InChI is InChI=1S/C17H22FN3/c1-4-6-15-16(14-8-7-13(18)10-12(14)3)20-11-21-17(15)19-9-5-2/h7-8,10-11H,4-6,9H2,1-3H3,(H,19,20,21). The van der Waals surface area contributed by atoms with Crippen molar-refractivity contribution in [1.82, 2.24) is 9.97 Å². The second-order valence-electron chi connectivity index (χ2n) is 5.19. The molecule has 0 saturated carbocycles. The van der Waals surface area contributed by atoms with Gasteiger partial charge in [-0.1, -0.05) is 20.3 Å². The van der Waals surface area contributed by atoms with E-state index >= 15 is 0 Å². The smallest absolute Gasteiger partial charge is 0.133 e. The molecule has 0 fully saturated rings. The number of hydrogen-bond donors (Lipinski definition) is 1. The van der Waals surface area contributed by atoms with Crippen LogP contribution < -0.4 is 5.32 Å². The van der Waals surface area contributed by atoms with Gasteiger partial charge in [0.25, 0.3) is 0 Å². The molecular weight excluding hydrogens is 265 g/mol. The third-order valence-electron chi connectivity index (χ3n) is 3.43. The van der Waals surface area contributed by atoms with Gasteiger partial charge in [-0.15, -0.1) is 0 Å². The van der Waals surface area contributed by atoms with Crippen LogP contribution in [0, 0.1) is 12.7 Å². The van der Waals surface area contributed by atoms with Gasteiger partial charge in [0.05, 0.1) is 5.69 Å². The second kappa shape index (κ2) is 7.16. The first-order chi connectivity index (χ1) is 10.2. The third kappa shape index (κ3) is 3.57. The molecule has 1 heterocycles. The molecule has 3 nitrogen and oxygen atoms in total. The van der Waals surface area contributed by atoms with Gasteiger partial charge in [-0.25, -0.2) is 14.4 Å². The molecule has 2 rings (SSSR count). The maximum absolute atomic E-state index is 13.3. The molecule has 112 valence electrons. The summed E-state index contributed by atoms with van der Waals surface area (Å²) in [4.78, 5) is 8.83. The van der Waals surface area contributed by atoms with Crippen LogP contribution in [0.15, 0.2) is 24.5 Å². The van der Waals surface area contributed by atoms with Crippen molar-refractivity contribution >= 4 is 5.82 Å². The van der Waals surface area contributed by atoms with Crippen LogP contribution in [0.3, 0.4) is 0 Å². The lowest BCUT2D eigenvalue weighted by atomic mass is 9.99. The van der Waals surface area contributed by atoms with E-state index in [4.69, 9.17) is 0 Å². The van der Waals surface area contributed by atoms with Crippen LogP contribution in [0.5, 0.6) is 0 Å². The Morgan fingerprint density at radius 3 is 2.62 bits per heavy atom. The fraction of sp³-hybridized carbons (Fsp3) is 0.412. The molecule has 0 unspecified atom stereocenters. The summed E-state index contributed by atoms with van der Waals surface area (Å²) in [5.74, 6) is 0.680. The molecule has 0 bridgehead atoms. The Labute approximate surface area is 125 Å². The maximum Gasteiger partial charge on any atom is 0.133 e. The number of nitrogens with zero attached hydrogens (tertiary/aromatic N) is 2. The Morgan fingerprint density at radius 2 is 1.95 bits per heavy atom. The van der Waals surface area contributed by atoms with Crippen molar-refractivity contribution in [3.63, 3.8) is 0 Å². The van der Waals surface area contributed by atoms with E-state index in [9.17, 15) is 4.39 Å². The minimum absolute atomic E-state index is 0.216. The minimum Gasteiger partial charge on any atom is -0.370 e. The number of anilines is 1. The summed E-state index contributed by atoms with van der Waals surface area (Å²) in [5.41, 5.74) is 3.89. The first-order valence-electron chi connectivity index (χ1n) is 7.51. The van der Waals surface area contributed by atoms with Crippen LogP contribution in [0.25, 0.3) is 11.3 Å². The van der Waals surface area contributed by atoms with E-state index in [2.05, 4.69) is 29.1 Å². The van der Waals surface area contributed by atoms with E-state index in [1.807, 2.05) is 6.92 Å². The molecule has 1 aromatic carbocycles. The Bertz CT molecular complexity index is 611. The first-order valence-corrected chi connectivity index (χ1v) is 7.51. The van der Waals surface area contributed by atoms with E-state index in [0.717, 1.165) is 54.0 Å². The van der Waals surface area contributed by atoms with Crippen molar-refractivity contribution < 1.29 is 4.39 Å². The lowest BCUT2D eigenvalue weighted by Crippen LogP contribution is -2.08. The first kappa shape index (κ1) is 15.4. The average Bonchev–Trinajstić information content (AvgIpc) is 2.47. The minimum atomic E-state index is -0.216. The van der Waals surface area contributed by atoms with Crippen LogP contribution in [-0.2, 0) is 6.42 Å². The molecule has 0 amide bonds. The van der Waals surface area contributed by atoms with Crippen LogP contribution in [0.1, 0.15) is 37.8 Å². The molecule has 0 saturated heterocycles. The van der Waals surface area contributed by atoms with Crippen molar-refractivity contribution in [1.29, 1.82) is 0 Å². The van der Waals surface area contributed by atoms with E-state index in [-0.39, 0.29) is 5.82 Å². The lowest BCUT2D eigenvalue weighted by molar-refractivity contribution is 0.627. The Morgan fingerprint density at radius 1 is 1.14 bits per heavy atom. The molecule has 21 heavy (non-hydrogen) atoms. The summed E-state index contributed by atoms with van der Waals surface area (Å²) in [7, 11) is 0. The van der Waals surface area contributed by atoms with E-state index in [0.29, 0.717) is 0 Å². The monoisotopic (exact) mass is 287 g/mol. The zero-order valence-electron chi connectivity index (χ0n) is 12.9. The van der Waals surface area contributed by atoms with Gasteiger partial charge in [-0.05, 0) is 43.5 Å². The lowest BCUT2D eigenvalue weighted by Gasteiger charge is -2.15. The van der Waals surface area contributed by atoms with E-state index < -0.39 is 0 Å². The summed E-state index contributed by atoms with van der Waals surface area (Å²) in [6.07, 6.45) is 4.54. The summed E-state index contributed by atoms with van der Waals surface area (Å²) in [5, 5.41) is 3.36. The topological polar surface area (TPSA) is 37.8 Å². The van der Waals surface area contributed by atoms with Gasteiger partial charge in [0, 0.05) is 17.7 Å². The van der Waals surface area contributed by atoms with Crippen LogP contribution in [0.2, 0.25) is 0 Å². The zero-order valence-corrected chi connectivity index (χ0v) is 12.9. The van der Waals surface area contributed by atoms with Crippen molar-refractivity contribution in [2.75, 3.05) is 11.9 Å². The van der Waals surface area contributed by atoms with Gasteiger partial charge in [0.2, 0.25) is 0 Å². The van der Waals surface area contributed by atoms with Crippen molar-refractivity contribution in [2.45, 2.75) is 40.0 Å². The predicted molar refractivity (Wildman–Crippen MR) is 84.9 cm³/mol.